The second-order valence-electron chi connectivity index (χ2n) is 4.86. The lowest BCUT2D eigenvalue weighted by atomic mass is 9.87. The van der Waals surface area contributed by atoms with Crippen molar-refractivity contribution in [3.63, 3.8) is 0 Å². The van der Waals surface area contributed by atoms with E-state index >= 15 is 0 Å². The van der Waals surface area contributed by atoms with Gasteiger partial charge in [0.25, 0.3) is 0 Å². The molecule has 1 aliphatic carbocycles. The Morgan fingerprint density at radius 3 is 2.63 bits per heavy atom. The minimum absolute atomic E-state index is 0.266. The van der Waals surface area contributed by atoms with Crippen molar-refractivity contribution in [2.45, 2.75) is 18.1 Å². The molecule has 0 fully saturated rings. The molecule has 0 saturated carbocycles. The van der Waals surface area contributed by atoms with Gasteiger partial charge in [-0.3, -0.25) is 0 Å². The molecule has 3 rings (SSSR count). The van der Waals surface area contributed by atoms with Crippen LogP contribution in [0.4, 0.5) is 4.39 Å². The first-order valence-corrected chi connectivity index (χ1v) is 6.85. The molecule has 0 saturated heterocycles. The van der Waals surface area contributed by atoms with Gasteiger partial charge in [0.15, 0.2) is 0 Å². The second-order valence-corrected chi connectivity index (χ2v) is 5.71. The third-order valence-corrected chi connectivity index (χ3v) is 4.33. The van der Waals surface area contributed by atoms with Gasteiger partial charge in [-0.2, -0.15) is 0 Å². The molecule has 0 amide bonds. The molecular weight excluding hydrogens is 309 g/mol. The van der Waals surface area contributed by atoms with Gasteiger partial charge < -0.3 is 10.8 Å². The van der Waals surface area contributed by atoms with E-state index in [0.29, 0.717) is 16.5 Å². The Kier molecular flexibility index (Phi) is 2.96. The minimum atomic E-state index is -1.36. The average Bonchev–Trinajstić information content (AvgIpc) is 2.67. The van der Waals surface area contributed by atoms with Gasteiger partial charge in [-0.15, -0.1) is 0 Å². The zero-order valence-electron chi connectivity index (χ0n) is 10.1. The smallest absolute Gasteiger partial charge is 0.143 e. The fourth-order valence-corrected chi connectivity index (χ4v) is 3.18. The third-order valence-electron chi connectivity index (χ3n) is 3.72. The molecule has 2 aromatic carbocycles. The summed E-state index contributed by atoms with van der Waals surface area (Å²) in [7, 11) is 0. The van der Waals surface area contributed by atoms with Crippen molar-refractivity contribution in [3.8, 4) is 0 Å². The van der Waals surface area contributed by atoms with Gasteiger partial charge in [0.2, 0.25) is 0 Å². The van der Waals surface area contributed by atoms with Gasteiger partial charge in [-0.05, 0) is 33.1 Å². The van der Waals surface area contributed by atoms with Crippen molar-refractivity contribution < 1.29 is 9.50 Å². The summed E-state index contributed by atoms with van der Waals surface area (Å²) in [5.41, 5.74) is 6.54. The largest absolute Gasteiger partial charge is 0.380 e. The minimum Gasteiger partial charge on any atom is -0.380 e. The Balaban J connectivity index is 2.23. The predicted octanol–water partition coefficient (Wildman–Crippen LogP) is 3.23. The number of halogens is 2. The van der Waals surface area contributed by atoms with Gasteiger partial charge in [0.1, 0.15) is 11.4 Å². The number of hydrogen-bond acceptors (Lipinski definition) is 2. The molecule has 2 aromatic rings. The number of nitrogens with two attached hydrogens (primary N) is 1. The maximum absolute atomic E-state index is 14.3. The number of benzene rings is 2. The van der Waals surface area contributed by atoms with E-state index in [1.165, 1.54) is 0 Å². The molecule has 0 spiro atoms. The second kappa shape index (κ2) is 4.40. The molecule has 0 aliphatic heterocycles. The van der Waals surface area contributed by atoms with Crippen LogP contribution in [0.25, 0.3) is 0 Å². The highest BCUT2D eigenvalue weighted by Crippen LogP contribution is 2.47. The Morgan fingerprint density at radius 1 is 1.16 bits per heavy atom. The van der Waals surface area contributed by atoms with Crippen LogP contribution >= 0.6 is 15.9 Å². The summed E-state index contributed by atoms with van der Waals surface area (Å²) < 4.78 is 14.6. The highest BCUT2D eigenvalue weighted by Gasteiger charge is 2.43. The Morgan fingerprint density at radius 2 is 1.84 bits per heavy atom. The van der Waals surface area contributed by atoms with E-state index in [1.807, 2.05) is 24.3 Å². The van der Waals surface area contributed by atoms with Crippen LogP contribution in [0.3, 0.4) is 0 Å². The Bertz CT molecular complexity index is 646. The first kappa shape index (κ1) is 12.8. The van der Waals surface area contributed by atoms with Crippen molar-refractivity contribution >= 4 is 15.9 Å². The molecular formula is C15H13BrFNO. The summed E-state index contributed by atoms with van der Waals surface area (Å²) in [5.74, 6) is -0.436. The van der Waals surface area contributed by atoms with Crippen LogP contribution in [0.5, 0.6) is 0 Å². The summed E-state index contributed by atoms with van der Waals surface area (Å²) in [5, 5.41) is 10.9. The lowest BCUT2D eigenvalue weighted by Gasteiger charge is -2.25. The highest BCUT2D eigenvalue weighted by molar-refractivity contribution is 9.10. The van der Waals surface area contributed by atoms with Crippen molar-refractivity contribution in [2.75, 3.05) is 0 Å². The number of rotatable bonds is 1. The van der Waals surface area contributed by atoms with Crippen molar-refractivity contribution in [1.29, 1.82) is 0 Å². The summed E-state index contributed by atoms with van der Waals surface area (Å²) >= 11 is 3.16. The molecule has 3 N–H and O–H groups in total. The molecule has 98 valence electrons. The lowest BCUT2D eigenvalue weighted by Crippen LogP contribution is -2.26. The van der Waals surface area contributed by atoms with E-state index in [2.05, 4.69) is 15.9 Å². The van der Waals surface area contributed by atoms with E-state index in [4.69, 9.17) is 5.73 Å². The van der Waals surface area contributed by atoms with Crippen LogP contribution in [0.15, 0.2) is 46.9 Å². The van der Waals surface area contributed by atoms with Crippen LogP contribution < -0.4 is 5.73 Å². The van der Waals surface area contributed by atoms with E-state index in [-0.39, 0.29) is 11.6 Å². The van der Waals surface area contributed by atoms with Crippen LogP contribution in [-0.4, -0.2) is 5.11 Å². The summed E-state index contributed by atoms with van der Waals surface area (Å²) in [6, 6.07) is 12.1. The lowest BCUT2D eigenvalue weighted by molar-refractivity contribution is 0.0735. The fraction of sp³-hybridized carbons (Fsp3) is 0.200. The van der Waals surface area contributed by atoms with Gasteiger partial charge in [-0.25, -0.2) is 4.39 Å². The van der Waals surface area contributed by atoms with Gasteiger partial charge >= 0.3 is 0 Å². The van der Waals surface area contributed by atoms with Crippen molar-refractivity contribution in [3.05, 3.63) is 69.4 Å². The molecule has 19 heavy (non-hydrogen) atoms. The molecule has 0 heterocycles. The van der Waals surface area contributed by atoms with Gasteiger partial charge in [-0.1, -0.05) is 36.4 Å². The molecule has 1 aliphatic rings. The Hall–Kier alpha value is -1.23. The van der Waals surface area contributed by atoms with Crippen molar-refractivity contribution in [1.82, 2.24) is 0 Å². The maximum atomic E-state index is 14.3. The molecule has 2 nitrogen and oxygen atoms in total. The van der Waals surface area contributed by atoms with Crippen molar-refractivity contribution in [2.24, 2.45) is 5.73 Å². The average molecular weight is 322 g/mol. The topological polar surface area (TPSA) is 46.2 Å². The van der Waals surface area contributed by atoms with Crippen LogP contribution in [-0.2, 0) is 5.60 Å². The maximum Gasteiger partial charge on any atom is 0.143 e. The number of hydrogen-bond donors (Lipinski definition) is 2. The van der Waals surface area contributed by atoms with Crippen LogP contribution in [0.1, 0.15) is 29.2 Å². The van der Waals surface area contributed by atoms with E-state index in [1.54, 1.807) is 18.2 Å². The zero-order valence-corrected chi connectivity index (χ0v) is 11.7. The standard InChI is InChI=1S/C15H13BrFNO/c16-12-7-3-6-11(14(12)17)15(19)8-13(18)9-4-1-2-5-10(9)15/h1-7,13,19H,8,18H2. The van der Waals surface area contributed by atoms with E-state index in [0.717, 1.165) is 5.56 Å². The number of fused-ring (bicyclic) bond motifs is 1. The third kappa shape index (κ3) is 1.83. The predicted molar refractivity (Wildman–Crippen MR) is 75.1 cm³/mol. The van der Waals surface area contributed by atoms with Gasteiger partial charge in [0, 0.05) is 18.0 Å². The summed E-state index contributed by atoms with van der Waals surface area (Å²) in [4.78, 5) is 0. The molecule has 2 atom stereocenters. The highest BCUT2D eigenvalue weighted by atomic mass is 79.9. The summed E-state index contributed by atoms with van der Waals surface area (Å²) in [6.45, 7) is 0. The van der Waals surface area contributed by atoms with Gasteiger partial charge in [0.05, 0.1) is 4.47 Å². The first-order chi connectivity index (χ1) is 9.04. The monoisotopic (exact) mass is 321 g/mol. The van der Waals surface area contributed by atoms with E-state index in [9.17, 15) is 9.50 Å². The number of aliphatic hydroxyl groups is 1. The SMILES string of the molecule is NC1CC(O)(c2cccc(Br)c2F)c2ccccc21. The zero-order chi connectivity index (χ0) is 13.6. The Labute approximate surface area is 119 Å². The normalized spacial score (nSPS) is 25.4. The quantitative estimate of drug-likeness (QED) is 0.847. The first-order valence-electron chi connectivity index (χ1n) is 6.06. The molecule has 0 radical (unpaired) electrons. The molecule has 2 unspecified atom stereocenters. The van der Waals surface area contributed by atoms with Crippen LogP contribution in [0.2, 0.25) is 0 Å². The van der Waals surface area contributed by atoms with E-state index < -0.39 is 11.4 Å². The van der Waals surface area contributed by atoms with Crippen LogP contribution in [0, 0.1) is 5.82 Å². The molecule has 0 aromatic heterocycles. The summed E-state index contributed by atoms with van der Waals surface area (Å²) in [6.07, 6.45) is 0.291. The molecule has 4 heteroatoms. The fourth-order valence-electron chi connectivity index (χ4n) is 2.81. The molecule has 0 bridgehead atoms.